The molecule has 4 heteroatoms. The molecular weight excluding hydrogens is 296 g/mol. The highest BCUT2D eigenvalue weighted by Gasteiger charge is 2.27. The van der Waals surface area contributed by atoms with Gasteiger partial charge < -0.3 is 10.2 Å². The molecule has 0 fully saturated rings. The van der Waals surface area contributed by atoms with Gasteiger partial charge in [0, 0.05) is 23.5 Å². The Bertz CT molecular complexity index is 858. The van der Waals surface area contributed by atoms with Crippen molar-refractivity contribution in [2.75, 3.05) is 10.2 Å². The molecule has 3 aromatic rings. The van der Waals surface area contributed by atoms with Crippen LogP contribution in [0.2, 0.25) is 0 Å². The maximum absolute atomic E-state index is 4.50. The van der Waals surface area contributed by atoms with Gasteiger partial charge >= 0.3 is 0 Å². The molecule has 1 N–H and O–H groups in total. The quantitative estimate of drug-likeness (QED) is 0.766. The molecule has 4 nitrogen and oxygen atoms in total. The minimum Gasteiger partial charge on any atom is -0.340 e. The van der Waals surface area contributed by atoms with Crippen LogP contribution in [0.25, 0.3) is 0 Å². The van der Waals surface area contributed by atoms with Gasteiger partial charge in [0.15, 0.2) is 0 Å². The summed E-state index contributed by atoms with van der Waals surface area (Å²) in [5, 5.41) is 3.36. The molecule has 1 aliphatic rings. The Kier molecular flexibility index (Phi) is 3.65. The first-order valence-electron chi connectivity index (χ1n) is 8.23. The molecular formula is C20H20N4. The molecule has 2 heterocycles. The number of benzene rings is 2. The summed E-state index contributed by atoms with van der Waals surface area (Å²) in [7, 11) is 0. The molecule has 0 aliphatic carbocycles. The van der Waals surface area contributed by atoms with Crippen LogP contribution >= 0.6 is 0 Å². The molecule has 1 unspecified atom stereocenters. The molecule has 1 aromatic heterocycles. The fourth-order valence-electron chi connectivity index (χ4n) is 3.25. The summed E-state index contributed by atoms with van der Waals surface area (Å²) in [6, 6.07) is 19.2. The van der Waals surface area contributed by atoms with Crippen molar-refractivity contribution in [3.63, 3.8) is 0 Å². The molecule has 0 bridgehead atoms. The summed E-state index contributed by atoms with van der Waals surface area (Å²) in [4.78, 5) is 11.2. The fraction of sp³-hybridized carbons (Fsp3) is 0.200. The van der Waals surface area contributed by atoms with E-state index in [4.69, 9.17) is 0 Å². The Morgan fingerprint density at radius 1 is 1.04 bits per heavy atom. The average molecular weight is 316 g/mol. The van der Waals surface area contributed by atoms with E-state index in [0.717, 1.165) is 23.7 Å². The van der Waals surface area contributed by atoms with Gasteiger partial charge in [-0.25, -0.2) is 9.97 Å². The maximum Gasteiger partial charge on any atom is 0.138 e. The summed E-state index contributed by atoms with van der Waals surface area (Å²) in [6.07, 6.45) is 2.67. The first-order valence-corrected chi connectivity index (χ1v) is 8.23. The molecule has 0 spiro atoms. The second kappa shape index (κ2) is 5.96. The van der Waals surface area contributed by atoms with Crippen LogP contribution < -0.4 is 10.2 Å². The van der Waals surface area contributed by atoms with E-state index in [1.54, 1.807) is 6.33 Å². The smallest absolute Gasteiger partial charge is 0.138 e. The van der Waals surface area contributed by atoms with E-state index in [1.165, 1.54) is 16.8 Å². The molecule has 120 valence electrons. The highest BCUT2D eigenvalue weighted by molar-refractivity contribution is 5.71. The van der Waals surface area contributed by atoms with Crippen LogP contribution in [0.5, 0.6) is 0 Å². The summed E-state index contributed by atoms with van der Waals surface area (Å²) in [6.45, 7) is 4.31. The number of nitrogens with one attached hydrogen (secondary N) is 1. The zero-order valence-corrected chi connectivity index (χ0v) is 13.9. The van der Waals surface area contributed by atoms with Crippen molar-refractivity contribution in [2.24, 2.45) is 0 Å². The number of rotatable bonds is 3. The predicted molar refractivity (Wildman–Crippen MR) is 98.2 cm³/mol. The van der Waals surface area contributed by atoms with Gasteiger partial charge in [-0.05, 0) is 44.0 Å². The number of aryl methyl sites for hydroxylation is 1. The third-order valence-electron chi connectivity index (χ3n) is 4.43. The Morgan fingerprint density at radius 2 is 1.83 bits per heavy atom. The molecule has 0 saturated carbocycles. The van der Waals surface area contributed by atoms with Crippen LogP contribution in [0, 0.1) is 6.92 Å². The maximum atomic E-state index is 4.50. The number of para-hydroxylation sites is 1. The van der Waals surface area contributed by atoms with Crippen molar-refractivity contribution < 1.29 is 0 Å². The Hall–Kier alpha value is -2.88. The van der Waals surface area contributed by atoms with E-state index in [2.05, 4.69) is 82.6 Å². The van der Waals surface area contributed by atoms with E-state index in [1.807, 2.05) is 6.07 Å². The summed E-state index contributed by atoms with van der Waals surface area (Å²) in [5.74, 6) is 1.73. The van der Waals surface area contributed by atoms with Crippen LogP contribution in [-0.2, 0) is 6.42 Å². The normalized spacial score (nSPS) is 16.1. The van der Waals surface area contributed by atoms with E-state index >= 15 is 0 Å². The number of aromatic nitrogens is 2. The van der Waals surface area contributed by atoms with Crippen LogP contribution in [0.15, 0.2) is 60.9 Å². The molecule has 24 heavy (non-hydrogen) atoms. The van der Waals surface area contributed by atoms with Crippen molar-refractivity contribution in [3.05, 3.63) is 72.1 Å². The molecule has 1 atom stereocenters. The van der Waals surface area contributed by atoms with Crippen LogP contribution in [-0.4, -0.2) is 16.0 Å². The van der Waals surface area contributed by atoms with Gasteiger partial charge in [0.1, 0.15) is 18.0 Å². The summed E-state index contributed by atoms with van der Waals surface area (Å²) < 4.78 is 0. The topological polar surface area (TPSA) is 41.0 Å². The van der Waals surface area contributed by atoms with E-state index in [-0.39, 0.29) is 0 Å². The largest absolute Gasteiger partial charge is 0.340 e. The highest BCUT2D eigenvalue weighted by Crippen LogP contribution is 2.37. The Balaban J connectivity index is 1.64. The van der Waals surface area contributed by atoms with Crippen molar-refractivity contribution in [2.45, 2.75) is 26.3 Å². The SMILES string of the molecule is Cc1ccc(Nc2cc(N3c4ccccc4CC3C)ncn2)cc1. The molecule has 0 saturated heterocycles. The van der Waals surface area contributed by atoms with Crippen molar-refractivity contribution >= 4 is 23.0 Å². The third kappa shape index (κ3) is 2.71. The first kappa shape index (κ1) is 14.7. The number of hydrogen-bond donors (Lipinski definition) is 1. The average Bonchev–Trinajstić information content (AvgIpc) is 2.93. The second-order valence-corrected chi connectivity index (χ2v) is 6.30. The third-order valence-corrected chi connectivity index (χ3v) is 4.43. The lowest BCUT2D eigenvalue weighted by Gasteiger charge is -2.24. The van der Waals surface area contributed by atoms with Gasteiger partial charge in [-0.2, -0.15) is 0 Å². The van der Waals surface area contributed by atoms with Crippen LogP contribution in [0.3, 0.4) is 0 Å². The Morgan fingerprint density at radius 3 is 2.67 bits per heavy atom. The first-order chi connectivity index (χ1) is 11.7. The number of fused-ring (bicyclic) bond motifs is 1. The zero-order chi connectivity index (χ0) is 16.5. The van der Waals surface area contributed by atoms with E-state index in [0.29, 0.717) is 6.04 Å². The number of anilines is 4. The second-order valence-electron chi connectivity index (χ2n) is 6.30. The van der Waals surface area contributed by atoms with Gasteiger partial charge in [-0.3, -0.25) is 0 Å². The van der Waals surface area contributed by atoms with Crippen molar-refractivity contribution in [1.82, 2.24) is 9.97 Å². The van der Waals surface area contributed by atoms with Gasteiger partial charge in [0.05, 0.1) is 0 Å². The monoisotopic (exact) mass is 316 g/mol. The predicted octanol–water partition coefficient (Wildman–Crippen LogP) is 4.61. The minimum absolute atomic E-state index is 0.393. The lowest BCUT2D eigenvalue weighted by atomic mass is 10.1. The standard InChI is InChI=1S/C20H20N4/c1-14-7-9-17(10-8-14)23-19-12-20(22-13-21-19)24-15(2)11-16-5-3-4-6-18(16)24/h3-10,12-13,15H,11H2,1-2H3,(H,21,22,23). The van der Waals surface area contributed by atoms with Gasteiger partial charge in [-0.1, -0.05) is 35.9 Å². The van der Waals surface area contributed by atoms with E-state index in [9.17, 15) is 0 Å². The molecule has 0 amide bonds. The lowest BCUT2D eigenvalue weighted by molar-refractivity contribution is 0.749. The van der Waals surface area contributed by atoms with Gasteiger partial charge in [0.2, 0.25) is 0 Å². The van der Waals surface area contributed by atoms with Crippen molar-refractivity contribution in [3.8, 4) is 0 Å². The molecule has 4 rings (SSSR count). The Labute approximate surface area is 142 Å². The summed E-state index contributed by atoms with van der Waals surface area (Å²) >= 11 is 0. The molecule has 1 aliphatic heterocycles. The van der Waals surface area contributed by atoms with Crippen molar-refractivity contribution in [1.29, 1.82) is 0 Å². The highest BCUT2D eigenvalue weighted by atomic mass is 15.2. The van der Waals surface area contributed by atoms with Crippen LogP contribution in [0.4, 0.5) is 23.0 Å². The number of nitrogens with zero attached hydrogens (tertiary/aromatic N) is 3. The fourth-order valence-corrected chi connectivity index (χ4v) is 3.25. The van der Waals surface area contributed by atoms with Gasteiger partial charge in [-0.15, -0.1) is 0 Å². The molecule has 0 radical (unpaired) electrons. The molecule has 2 aromatic carbocycles. The summed E-state index contributed by atoms with van der Waals surface area (Å²) in [5.41, 5.74) is 4.88. The number of hydrogen-bond acceptors (Lipinski definition) is 4. The van der Waals surface area contributed by atoms with Gasteiger partial charge in [0.25, 0.3) is 0 Å². The zero-order valence-electron chi connectivity index (χ0n) is 13.9. The minimum atomic E-state index is 0.393. The van der Waals surface area contributed by atoms with Crippen LogP contribution in [0.1, 0.15) is 18.1 Å². The lowest BCUT2D eigenvalue weighted by Crippen LogP contribution is -2.24. The van der Waals surface area contributed by atoms with E-state index < -0.39 is 0 Å².